The number of ether oxygens (including phenoxy) is 2. The number of nitrogens with one attached hydrogen (secondary N) is 3. The number of hydrogen-bond donors (Lipinski definition) is 3. The second-order valence-corrected chi connectivity index (χ2v) is 5.26. The Balaban J connectivity index is 1.76. The van der Waals surface area contributed by atoms with Gasteiger partial charge in [0.2, 0.25) is 0 Å². The largest absolute Gasteiger partial charge is 0.497 e. The van der Waals surface area contributed by atoms with Gasteiger partial charge in [0.15, 0.2) is 11.5 Å². The first-order chi connectivity index (χ1) is 12.7. The summed E-state index contributed by atoms with van der Waals surface area (Å²) in [6.07, 6.45) is 0. The molecule has 0 unspecified atom stereocenters. The number of hydrogen-bond acceptors (Lipinski definition) is 6. The highest BCUT2D eigenvalue weighted by molar-refractivity contribution is 6.06. The summed E-state index contributed by atoms with van der Waals surface area (Å²) in [4.78, 5) is 12.6. The van der Waals surface area contributed by atoms with Gasteiger partial charge in [-0.1, -0.05) is 12.1 Å². The van der Waals surface area contributed by atoms with Crippen molar-refractivity contribution >= 4 is 23.1 Å². The molecule has 0 saturated heterocycles. The van der Waals surface area contributed by atoms with Crippen LogP contribution in [0, 0.1) is 0 Å². The minimum absolute atomic E-state index is 0.145. The number of aromatic nitrogens is 3. The molecule has 8 heteroatoms. The zero-order valence-corrected chi connectivity index (χ0v) is 14.4. The molecule has 0 saturated carbocycles. The Bertz CT molecular complexity index is 877. The third kappa shape index (κ3) is 3.92. The number of amides is 1. The Kier molecular flexibility index (Phi) is 5.33. The minimum atomic E-state index is -0.401. The molecule has 0 fully saturated rings. The van der Waals surface area contributed by atoms with Crippen molar-refractivity contribution in [2.24, 2.45) is 0 Å². The number of aromatic amines is 1. The molecule has 0 radical (unpaired) electrons. The fourth-order valence-corrected chi connectivity index (χ4v) is 2.32. The molecular weight excluding hydrogens is 334 g/mol. The van der Waals surface area contributed by atoms with Gasteiger partial charge in [-0.05, 0) is 43.3 Å². The van der Waals surface area contributed by atoms with Crippen molar-refractivity contribution in [2.75, 3.05) is 24.4 Å². The maximum atomic E-state index is 12.6. The molecule has 0 bridgehead atoms. The quantitative estimate of drug-likeness (QED) is 0.603. The summed E-state index contributed by atoms with van der Waals surface area (Å²) in [6.45, 7) is 2.38. The molecule has 2 aromatic carbocycles. The Morgan fingerprint density at radius 3 is 2.62 bits per heavy atom. The van der Waals surface area contributed by atoms with Gasteiger partial charge in [-0.2, -0.15) is 5.21 Å². The van der Waals surface area contributed by atoms with Crippen LogP contribution in [0.15, 0.2) is 48.5 Å². The van der Waals surface area contributed by atoms with E-state index in [2.05, 4.69) is 26.0 Å². The van der Waals surface area contributed by atoms with Crippen LogP contribution < -0.4 is 20.1 Å². The monoisotopic (exact) mass is 353 g/mol. The third-order valence-electron chi connectivity index (χ3n) is 3.55. The lowest BCUT2D eigenvalue weighted by molar-refractivity contribution is 0.102. The number of rotatable bonds is 7. The lowest BCUT2D eigenvalue weighted by atomic mass is 10.2. The van der Waals surface area contributed by atoms with Gasteiger partial charge in [0, 0.05) is 5.69 Å². The molecule has 0 aliphatic heterocycles. The Labute approximate surface area is 150 Å². The number of carbonyl (C=O) groups is 1. The molecule has 0 aliphatic rings. The van der Waals surface area contributed by atoms with Crippen molar-refractivity contribution in [1.29, 1.82) is 0 Å². The predicted octanol–water partition coefficient (Wildman–Crippen LogP) is 3.21. The summed E-state index contributed by atoms with van der Waals surface area (Å²) in [7, 11) is 1.60. The molecule has 0 aliphatic carbocycles. The first-order valence-electron chi connectivity index (χ1n) is 8.06. The molecular formula is C18H19N5O3. The van der Waals surface area contributed by atoms with Crippen molar-refractivity contribution in [3.05, 3.63) is 54.2 Å². The van der Waals surface area contributed by atoms with Gasteiger partial charge in [-0.15, -0.1) is 10.2 Å². The number of carbonyl (C=O) groups excluding carboxylic acids is 1. The summed E-state index contributed by atoms with van der Waals surface area (Å²) < 4.78 is 10.6. The molecule has 1 amide bonds. The Morgan fingerprint density at radius 2 is 1.88 bits per heavy atom. The van der Waals surface area contributed by atoms with Crippen LogP contribution in [0.4, 0.5) is 17.2 Å². The average Bonchev–Trinajstić information content (AvgIpc) is 3.12. The van der Waals surface area contributed by atoms with Gasteiger partial charge in [0.25, 0.3) is 5.91 Å². The van der Waals surface area contributed by atoms with Gasteiger partial charge in [0.05, 0.1) is 19.4 Å². The number of anilines is 3. The van der Waals surface area contributed by atoms with Gasteiger partial charge >= 0.3 is 0 Å². The summed E-state index contributed by atoms with van der Waals surface area (Å²) >= 11 is 0. The van der Waals surface area contributed by atoms with Crippen LogP contribution in [-0.4, -0.2) is 35.0 Å². The summed E-state index contributed by atoms with van der Waals surface area (Å²) in [6, 6.07) is 14.5. The molecule has 3 aromatic rings. The highest BCUT2D eigenvalue weighted by Gasteiger charge is 2.18. The molecule has 0 spiro atoms. The van der Waals surface area contributed by atoms with Crippen LogP contribution >= 0.6 is 0 Å². The number of para-hydroxylation sites is 2. The van der Waals surface area contributed by atoms with Crippen molar-refractivity contribution < 1.29 is 14.3 Å². The van der Waals surface area contributed by atoms with Gasteiger partial charge in [-0.25, -0.2) is 0 Å². The average molecular weight is 353 g/mol. The highest BCUT2D eigenvalue weighted by atomic mass is 16.5. The normalized spacial score (nSPS) is 10.2. The fraction of sp³-hybridized carbons (Fsp3) is 0.167. The zero-order chi connectivity index (χ0) is 18.4. The van der Waals surface area contributed by atoms with Gasteiger partial charge < -0.3 is 20.1 Å². The molecule has 8 nitrogen and oxygen atoms in total. The first-order valence-corrected chi connectivity index (χ1v) is 8.06. The summed E-state index contributed by atoms with van der Waals surface area (Å²) in [5.41, 5.74) is 1.47. The molecule has 134 valence electrons. The second-order valence-electron chi connectivity index (χ2n) is 5.26. The van der Waals surface area contributed by atoms with E-state index in [-0.39, 0.29) is 5.69 Å². The lowest BCUT2D eigenvalue weighted by Crippen LogP contribution is -2.15. The van der Waals surface area contributed by atoms with E-state index in [1.165, 1.54) is 0 Å². The molecule has 26 heavy (non-hydrogen) atoms. The van der Waals surface area contributed by atoms with E-state index in [1.54, 1.807) is 31.4 Å². The van der Waals surface area contributed by atoms with E-state index in [4.69, 9.17) is 9.47 Å². The Morgan fingerprint density at radius 1 is 1.12 bits per heavy atom. The number of nitrogens with zero attached hydrogens (tertiary/aromatic N) is 2. The predicted molar refractivity (Wildman–Crippen MR) is 98.2 cm³/mol. The molecule has 3 rings (SSSR count). The zero-order valence-electron chi connectivity index (χ0n) is 14.4. The molecule has 1 aromatic heterocycles. The van der Waals surface area contributed by atoms with Crippen molar-refractivity contribution in [2.45, 2.75) is 6.92 Å². The number of H-pyrrole nitrogens is 1. The molecule has 3 N–H and O–H groups in total. The van der Waals surface area contributed by atoms with Crippen LogP contribution in [-0.2, 0) is 0 Å². The maximum Gasteiger partial charge on any atom is 0.280 e. The van der Waals surface area contributed by atoms with E-state index in [0.29, 0.717) is 23.9 Å². The summed E-state index contributed by atoms with van der Waals surface area (Å²) in [5, 5.41) is 16.3. The lowest BCUT2D eigenvalue weighted by Gasteiger charge is -2.11. The Hall–Kier alpha value is -3.55. The fourth-order valence-electron chi connectivity index (χ4n) is 2.32. The van der Waals surface area contributed by atoms with Crippen LogP contribution in [0.1, 0.15) is 17.4 Å². The number of methoxy groups -OCH3 is 1. The van der Waals surface area contributed by atoms with Gasteiger partial charge in [-0.3, -0.25) is 4.79 Å². The second kappa shape index (κ2) is 8.02. The third-order valence-corrected chi connectivity index (χ3v) is 3.55. The maximum absolute atomic E-state index is 12.6. The number of benzene rings is 2. The van der Waals surface area contributed by atoms with E-state index in [0.717, 1.165) is 11.4 Å². The van der Waals surface area contributed by atoms with Crippen molar-refractivity contribution in [3.63, 3.8) is 0 Å². The van der Waals surface area contributed by atoms with E-state index in [1.807, 2.05) is 31.2 Å². The van der Waals surface area contributed by atoms with Crippen molar-refractivity contribution in [3.8, 4) is 11.5 Å². The van der Waals surface area contributed by atoms with Crippen LogP contribution in [0.25, 0.3) is 0 Å². The van der Waals surface area contributed by atoms with Crippen LogP contribution in [0.3, 0.4) is 0 Å². The topological polar surface area (TPSA) is 101 Å². The van der Waals surface area contributed by atoms with Crippen LogP contribution in [0.5, 0.6) is 11.5 Å². The SMILES string of the molecule is CCOc1ccccc1NC(=O)c1n[nH]nc1Nc1ccc(OC)cc1. The van der Waals surface area contributed by atoms with Crippen molar-refractivity contribution in [1.82, 2.24) is 15.4 Å². The smallest absolute Gasteiger partial charge is 0.280 e. The first kappa shape index (κ1) is 17.3. The molecule has 1 heterocycles. The standard InChI is InChI=1S/C18H19N5O3/c1-3-26-15-7-5-4-6-14(15)20-18(24)16-17(22-23-21-16)19-12-8-10-13(25-2)11-9-12/h4-11H,3H2,1-2H3,(H,20,24)(H2,19,21,22,23). The summed E-state index contributed by atoms with van der Waals surface area (Å²) in [5.74, 6) is 1.25. The highest BCUT2D eigenvalue weighted by Crippen LogP contribution is 2.25. The molecule has 0 atom stereocenters. The van der Waals surface area contributed by atoms with Crippen LogP contribution in [0.2, 0.25) is 0 Å². The van der Waals surface area contributed by atoms with E-state index in [9.17, 15) is 4.79 Å². The van der Waals surface area contributed by atoms with E-state index < -0.39 is 5.91 Å². The van der Waals surface area contributed by atoms with Gasteiger partial charge in [0.1, 0.15) is 11.5 Å². The minimum Gasteiger partial charge on any atom is -0.497 e. The van der Waals surface area contributed by atoms with E-state index >= 15 is 0 Å².